The summed E-state index contributed by atoms with van der Waals surface area (Å²) in [6.07, 6.45) is 0. The van der Waals surface area contributed by atoms with Crippen molar-refractivity contribution >= 4 is 23.5 Å². The SMILES string of the molecule is COC(=O)C(C)NC(=O)c1ccc(Cl)cc1OC. The van der Waals surface area contributed by atoms with Crippen LogP contribution in [0.1, 0.15) is 17.3 Å². The fraction of sp³-hybridized carbons (Fsp3) is 0.333. The van der Waals surface area contributed by atoms with Crippen LogP contribution in [0.3, 0.4) is 0 Å². The molecule has 1 atom stereocenters. The van der Waals surface area contributed by atoms with Crippen molar-refractivity contribution in [2.75, 3.05) is 14.2 Å². The minimum atomic E-state index is -0.733. The largest absolute Gasteiger partial charge is 0.496 e. The third-order valence-corrected chi connectivity index (χ3v) is 2.55. The number of ether oxygens (including phenoxy) is 2. The Labute approximate surface area is 110 Å². The van der Waals surface area contributed by atoms with Crippen molar-refractivity contribution in [2.45, 2.75) is 13.0 Å². The second-order valence-electron chi connectivity index (χ2n) is 3.56. The maximum absolute atomic E-state index is 11.9. The lowest BCUT2D eigenvalue weighted by Gasteiger charge is -2.13. The standard InChI is InChI=1S/C12H14ClNO4/c1-7(12(16)18-3)14-11(15)9-5-4-8(13)6-10(9)17-2/h4-7H,1-3H3,(H,14,15). The van der Waals surface area contributed by atoms with Crippen LogP contribution in [0.4, 0.5) is 0 Å². The minimum absolute atomic E-state index is 0.303. The van der Waals surface area contributed by atoms with E-state index < -0.39 is 17.9 Å². The van der Waals surface area contributed by atoms with Gasteiger partial charge in [0.05, 0.1) is 19.8 Å². The topological polar surface area (TPSA) is 64.6 Å². The number of halogens is 1. The zero-order valence-corrected chi connectivity index (χ0v) is 11.1. The second-order valence-corrected chi connectivity index (χ2v) is 4.00. The van der Waals surface area contributed by atoms with Gasteiger partial charge in [0.2, 0.25) is 0 Å². The first-order valence-corrected chi connectivity index (χ1v) is 5.59. The molecule has 0 fully saturated rings. The van der Waals surface area contributed by atoms with Crippen molar-refractivity contribution in [3.63, 3.8) is 0 Å². The Kier molecular flexibility index (Phi) is 4.97. The average Bonchev–Trinajstić information content (AvgIpc) is 2.37. The molecule has 1 aromatic rings. The van der Waals surface area contributed by atoms with Crippen LogP contribution in [0, 0.1) is 0 Å². The van der Waals surface area contributed by atoms with Crippen LogP contribution in [0.25, 0.3) is 0 Å². The summed E-state index contributed by atoms with van der Waals surface area (Å²) in [5.41, 5.74) is 0.303. The fourth-order valence-corrected chi connectivity index (χ4v) is 1.52. The maximum Gasteiger partial charge on any atom is 0.328 e. The van der Waals surface area contributed by atoms with Gasteiger partial charge in [-0.2, -0.15) is 0 Å². The molecular weight excluding hydrogens is 258 g/mol. The summed E-state index contributed by atoms with van der Waals surface area (Å²) >= 11 is 5.79. The first-order chi connectivity index (χ1) is 8.49. The number of carbonyl (C=O) groups excluding carboxylic acids is 2. The highest BCUT2D eigenvalue weighted by molar-refractivity contribution is 6.30. The van der Waals surface area contributed by atoms with Crippen LogP contribution in [-0.2, 0) is 9.53 Å². The molecule has 0 spiro atoms. The molecule has 0 aliphatic carbocycles. The molecule has 0 bridgehead atoms. The number of amides is 1. The molecule has 1 amide bonds. The van der Waals surface area contributed by atoms with Gasteiger partial charge >= 0.3 is 5.97 Å². The summed E-state index contributed by atoms with van der Waals surface area (Å²) in [7, 11) is 2.69. The van der Waals surface area contributed by atoms with Gasteiger partial charge in [0, 0.05) is 5.02 Å². The highest BCUT2D eigenvalue weighted by Gasteiger charge is 2.19. The average molecular weight is 272 g/mol. The summed E-state index contributed by atoms with van der Waals surface area (Å²) in [5.74, 6) is -0.602. The van der Waals surface area contributed by atoms with Gasteiger partial charge in [0.25, 0.3) is 5.91 Å². The van der Waals surface area contributed by atoms with Crippen molar-refractivity contribution in [2.24, 2.45) is 0 Å². The quantitative estimate of drug-likeness (QED) is 0.846. The molecule has 0 aliphatic heterocycles. The molecule has 0 aliphatic rings. The zero-order chi connectivity index (χ0) is 13.7. The summed E-state index contributed by atoms with van der Waals surface area (Å²) < 4.78 is 9.57. The minimum Gasteiger partial charge on any atom is -0.496 e. The van der Waals surface area contributed by atoms with E-state index in [1.54, 1.807) is 6.07 Å². The molecule has 0 aromatic heterocycles. The van der Waals surface area contributed by atoms with Crippen LogP contribution in [0.15, 0.2) is 18.2 Å². The number of methoxy groups -OCH3 is 2. The molecule has 1 N–H and O–H groups in total. The van der Waals surface area contributed by atoms with Gasteiger partial charge in [-0.3, -0.25) is 4.79 Å². The van der Waals surface area contributed by atoms with Gasteiger partial charge in [-0.1, -0.05) is 11.6 Å². The van der Waals surface area contributed by atoms with Crippen molar-refractivity contribution in [3.05, 3.63) is 28.8 Å². The Morgan fingerprint density at radius 3 is 2.56 bits per heavy atom. The number of rotatable bonds is 4. The Morgan fingerprint density at radius 1 is 1.33 bits per heavy atom. The zero-order valence-electron chi connectivity index (χ0n) is 10.3. The molecule has 98 valence electrons. The van der Waals surface area contributed by atoms with Gasteiger partial charge in [-0.15, -0.1) is 0 Å². The van der Waals surface area contributed by atoms with E-state index in [-0.39, 0.29) is 0 Å². The molecule has 1 rings (SSSR count). The van der Waals surface area contributed by atoms with Gasteiger partial charge < -0.3 is 14.8 Å². The molecule has 6 heteroatoms. The molecule has 18 heavy (non-hydrogen) atoms. The summed E-state index contributed by atoms with van der Waals surface area (Å²) in [6.45, 7) is 1.53. The van der Waals surface area contributed by atoms with Crippen molar-refractivity contribution in [3.8, 4) is 5.75 Å². The van der Waals surface area contributed by atoms with Crippen LogP contribution in [-0.4, -0.2) is 32.1 Å². The number of hydrogen-bond acceptors (Lipinski definition) is 4. The van der Waals surface area contributed by atoms with E-state index in [0.717, 1.165) is 0 Å². The molecule has 0 saturated heterocycles. The first kappa shape index (κ1) is 14.3. The summed E-state index contributed by atoms with van der Waals surface area (Å²) in [6, 6.07) is 3.89. The lowest BCUT2D eigenvalue weighted by molar-refractivity contribution is -0.142. The number of carbonyl (C=O) groups is 2. The van der Waals surface area contributed by atoms with Gasteiger partial charge in [0.15, 0.2) is 0 Å². The van der Waals surface area contributed by atoms with Crippen molar-refractivity contribution in [1.29, 1.82) is 0 Å². The lowest BCUT2D eigenvalue weighted by atomic mass is 10.1. The van der Waals surface area contributed by atoms with E-state index >= 15 is 0 Å². The van der Waals surface area contributed by atoms with E-state index in [4.69, 9.17) is 16.3 Å². The summed E-state index contributed by atoms with van der Waals surface area (Å²) in [5, 5.41) is 2.97. The second kappa shape index (κ2) is 6.26. The monoisotopic (exact) mass is 271 g/mol. The smallest absolute Gasteiger partial charge is 0.328 e. The molecule has 1 aromatic carbocycles. The number of benzene rings is 1. The number of hydrogen-bond donors (Lipinski definition) is 1. The third-order valence-electron chi connectivity index (χ3n) is 2.31. The van der Waals surface area contributed by atoms with E-state index in [1.807, 2.05) is 0 Å². The van der Waals surface area contributed by atoms with E-state index in [0.29, 0.717) is 16.3 Å². The van der Waals surface area contributed by atoms with Crippen LogP contribution in [0.2, 0.25) is 5.02 Å². The molecule has 5 nitrogen and oxygen atoms in total. The molecule has 1 unspecified atom stereocenters. The lowest BCUT2D eigenvalue weighted by Crippen LogP contribution is -2.39. The van der Waals surface area contributed by atoms with Crippen molar-refractivity contribution < 1.29 is 19.1 Å². The van der Waals surface area contributed by atoms with Crippen molar-refractivity contribution in [1.82, 2.24) is 5.32 Å². The molecule has 0 heterocycles. The Bertz CT molecular complexity index is 461. The van der Waals surface area contributed by atoms with E-state index in [1.165, 1.54) is 33.3 Å². The van der Waals surface area contributed by atoms with Gasteiger partial charge in [-0.05, 0) is 25.1 Å². The number of esters is 1. The Morgan fingerprint density at radius 2 is 2.00 bits per heavy atom. The highest BCUT2D eigenvalue weighted by atomic mass is 35.5. The molecule has 0 radical (unpaired) electrons. The molecule has 0 saturated carbocycles. The Balaban J connectivity index is 2.87. The van der Waals surface area contributed by atoms with E-state index in [2.05, 4.69) is 10.1 Å². The normalized spacial score (nSPS) is 11.6. The predicted octanol–water partition coefficient (Wildman–Crippen LogP) is 1.64. The third kappa shape index (κ3) is 3.37. The first-order valence-electron chi connectivity index (χ1n) is 5.21. The molecular formula is C12H14ClNO4. The highest BCUT2D eigenvalue weighted by Crippen LogP contribution is 2.23. The van der Waals surface area contributed by atoms with Crippen LogP contribution < -0.4 is 10.1 Å². The van der Waals surface area contributed by atoms with Crippen LogP contribution >= 0.6 is 11.6 Å². The fourth-order valence-electron chi connectivity index (χ4n) is 1.36. The van der Waals surface area contributed by atoms with Crippen LogP contribution in [0.5, 0.6) is 5.75 Å². The number of nitrogens with one attached hydrogen (secondary N) is 1. The predicted molar refractivity (Wildman–Crippen MR) is 66.9 cm³/mol. The van der Waals surface area contributed by atoms with Gasteiger partial charge in [-0.25, -0.2) is 4.79 Å². The maximum atomic E-state index is 11.9. The summed E-state index contributed by atoms with van der Waals surface area (Å²) in [4.78, 5) is 23.1. The van der Waals surface area contributed by atoms with E-state index in [9.17, 15) is 9.59 Å². The van der Waals surface area contributed by atoms with Gasteiger partial charge in [0.1, 0.15) is 11.8 Å². The Hall–Kier alpha value is -1.75.